The number of benzene rings is 3. The van der Waals surface area contributed by atoms with E-state index in [9.17, 15) is 4.79 Å². The molecular formula is C22H23N3O3. The van der Waals surface area contributed by atoms with E-state index >= 15 is 0 Å². The topological polar surface area (TPSA) is 72.0 Å². The predicted molar refractivity (Wildman–Crippen MR) is 112 cm³/mol. The standard InChI is InChI=1S/C22H23N3O3/c1-15(24-19-10-8-16-6-4-5-7-17(16)12-19)22(26)25-23-14-18-9-11-20(27-2)13-21(18)28-3/h4-15,24H,1-3H3,(H,25,26). The Morgan fingerprint density at radius 2 is 1.79 bits per heavy atom. The molecule has 0 aromatic heterocycles. The third kappa shape index (κ3) is 4.59. The highest BCUT2D eigenvalue weighted by atomic mass is 16.5. The first-order valence-electron chi connectivity index (χ1n) is 8.91. The first-order valence-corrected chi connectivity index (χ1v) is 8.91. The molecule has 3 aromatic rings. The van der Waals surface area contributed by atoms with Gasteiger partial charge in [-0.2, -0.15) is 5.10 Å². The molecule has 0 saturated heterocycles. The minimum Gasteiger partial charge on any atom is -0.497 e. The number of nitrogens with one attached hydrogen (secondary N) is 2. The molecule has 3 rings (SSSR count). The summed E-state index contributed by atoms with van der Waals surface area (Å²) in [6.07, 6.45) is 1.54. The van der Waals surface area contributed by atoms with Crippen LogP contribution in [0.1, 0.15) is 12.5 Å². The molecule has 1 atom stereocenters. The van der Waals surface area contributed by atoms with Crippen LogP contribution in [0.2, 0.25) is 0 Å². The molecule has 3 aromatic carbocycles. The molecule has 0 radical (unpaired) electrons. The number of anilines is 1. The number of ether oxygens (including phenoxy) is 2. The number of carbonyl (C=O) groups excluding carboxylic acids is 1. The maximum Gasteiger partial charge on any atom is 0.262 e. The van der Waals surface area contributed by atoms with Crippen molar-refractivity contribution in [1.82, 2.24) is 5.43 Å². The summed E-state index contributed by atoms with van der Waals surface area (Å²) in [4.78, 5) is 12.3. The van der Waals surface area contributed by atoms with Gasteiger partial charge in [0.1, 0.15) is 17.5 Å². The van der Waals surface area contributed by atoms with Gasteiger partial charge in [0.15, 0.2) is 0 Å². The summed E-state index contributed by atoms with van der Waals surface area (Å²) in [5.74, 6) is 1.06. The second-order valence-electron chi connectivity index (χ2n) is 6.27. The van der Waals surface area contributed by atoms with Crippen molar-refractivity contribution in [2.45, 2.75) is 13.0 Å². The number of rotatable bonds is 7. The lowest BCUT2D eigenvalue weighted by atomic mass is 10.1. The number of methoxy groups -OCH3 is 2. The third-order valence-corrected chi connectivity index (χ3v) is 4.34. The Kier molecular flexibility index (Phi) is 6.11. The van der Waals surface area contributed by atoms with Crippen LogP contribution in [0.3, 0.4) is 0 Å². The lowest BCUT2D eigenvalue weighted by molar-refractivity contribution is -0.121. The molecule has 1 amide bonds. The highest BCUT2D eigenvalue weighted by Crippen LogP contribution is 2.23. The number of carbonyl (C=O) groups is 1. The largest absolute Gasteiger partial charge is 0.497 e. The van der Waals surface area contributed by atoms with Gasteiger partial charge in [-0.1, -0.05) is 30.3 Å². The van der Waals surface area contributed by atoms with Crippen molar-refractivity contribution in [3.8, 4) is 11.5 Å². The fourth-order valence-electron chi connectivity index (χ4n) is 2.78. The maximum atomic E-state index is 12.3. The SMILES string of the molecule is COc1ccc(C=NNC(=O)C(C)Nc2ccc3ccccc3c2)c(OC)c1. The second-order valence-corrected chi connectivity index (χ2v) is 6.27. The first-order chi connectivity index (χ1) is 13.6. The fraction of sp³-hybridized carbons (Fsp3) is 0.182. The molecule has 0 bridgehead atoms. The van der Waals surface area contributed by atoms with E-state index in [1.807, 2.05) is 42.5 Å². The molecule has 0 saturated carbocycles. The van der Waals surface area contributed by atoms with Crippen molar-refractivity contribution >= 4 is 28.6 Å². The molecule has 0 aliphatic carbocycles. The summed E-state index contributed by atoms with van der Waals surface area (Å²) in [7, 11) is 3.16. The van der Waals surface area contributed by atoms with Gasteiger partial charge in [-0.15, -0.1) is 0 Å². The summed E-state index contributed by atoms with van der Waals surface area (Å²) < 4.78 is 10.5. The average molecular weight is 377 g/mol. The van der Waals surface area contributed by atoms with Gasteiger partial charge in [-0.3, -0.25) is 4.79 Å². The number of fused-ring (bicyclic) bond motifs is 1. The van der Waals surface area contributed by atoms with E-state index < -0.39 is 6.04 Å². The first kappa shape index (κ1) is 19.2. The summed E-state index contributed by atoms with van der Waals surface area (Å²) >= 11 is 0. The molecule has 0 aliphatic rings. The number of nitrogens with zero attached hydrogens (tertiary/aromatic N) is 1. The molecule has 6 heteroatoms. The van der Waals surface area contributed by atoms with Gasteiger partial charge >= 0.3 is 0 Å². The summed E-state index contributed by atoms with van der Waals surface area (Å²) in [6, 6.07) is 19.0. The smallest absolute Gasteiger partial charge is 0.262 e. The van der Waals surface area contributed by atoms with Crippen LogP contribution in [-0.2, 0) is 4.79 Å². The van der Waals surface area contributed by atoms with Crippen molar-refractivity contribution in [3.05, 3.63) is 66.2 Å². The van der Waals surface area contributed by atoms with Gasteiger partial charge in [-0.25, -0.2) is 5.43 Å². The van der Waals surface area contributed by atoms with Gasteiger partial charge in [0.2, 0.25) is 0 Å². The molecule has 28 heavy (non-hydrogen) atoms. The Labute approximate surface area is 164 Å². The Hall–Kier alpha value is -3.54. The van der Waals surface area contributed by atoms with Crippen LogP contribution in [-0.4, -0.2) is 32.4 Å². The van der Waals surface area contributed by atoms with E-state index in [0.29, 0.717) is 11.5 Å². The van der Waals surface area contributed by atoms with E-state index in [1.165, 1.54) is 0 Å². The van der Waals surface area contributed by atoms with Gasteiger partial charge in [0, 0.05) is 17.3 Å². The van der Waals surface area contributed by atoms with Crippen LogP contribution >= 0.6 is 0 Å². The zero-order valence-electron chi connectivity index (χ0n) is 16.1. The predicted octanol–water partition coefficient (Wildman–Crippen LogP) is 3.81. The number of hydrazone groups is 1. The Bertz CT molecular complexity index is 1000. The monoisotopic (exact) mass is 377 g/mol. The molecule has 1 unspecified atom stereocenters. The quantitative estimate of drug-likeness (QED) is 0.485. The van der Waals surface area contributed by atoms with Gasteiger partial charge in [0.05, 0.1) is 20.4 Å². The Balaban J connectivity index is 1.61. The average Bonchev–Trinajstić information content (AvgIpc) is 2.73. The number of hydrogen-bond acceptors (Lipinski definition) is 5. The number of hydrogen-bond donors (Lipinski definition) is 2. The molecule has 144 valence electrons. The van der Waals surface area contributed by atoms with Crippen molar-refractivity contribution in [3.63, 3.8) is 0 Å². The molecule has 0 aliphatic heterocycles. The molecular weight excluding hydrogens is 354 g/mol. The van der Waals surface area contributed by atoms with Crippen molar-refractivity contribution in [2.75, 3.05) is 19.5 Å². The minimum absolute atomic E-state index is 0.239. The van der Waals surface area contributed by atoms with E-state index in [1.54, 1.807) is 39.5 Å². The highest BCUT2D eigenvalue weighted by Gasteiger charge is 2.12. The summed E-state index contributed by atoms with van der Waals surface area (Å²) in [5, 5.41) is 9.50. The van der Waals surface area contributed by atoms with Gasteiger partial charge in [-0.05, 0) is 42.0 Å². The van der Waals surface area contributed by atoms with Crippen molar-refractivity contribution in [1.29, 1.82) is 0 Å². The minimum atomic E-state index is -0.448. The van der Waals surface area contributed by atoms with E-state index in [2.05, 4.69) is 21.9 Å². The summed E-state index contributed by atoms with van der Waals surface area (Å²) in [5.41, 5.74) is 4.16. The van der Waals surface area contributed by atoms with Crippen molar-refractivity contribution < 1.29 is 14.3 Å². The van der Waals surface area contributed by atoms with Crippen LogP contribution < -0.4 is 20.2 Å². The third-order valence-electron chi connectivity index (χ3n) is 4.34. The molecule has 0 heterocycles. The fourth-order valence-corrected chi connectivity index (χ4v) is 2.78. The summed E-state index contributed by atoms with van der Waals surface area (Å²) in [6.45, 7) is 1.79. The lowest BCUT2D eigenvalue weighted by Crippen LogP contribution is -2.34. The van der Waals surface area contributed by atoms with Crippen LogP contribution in [0.25, 0.3) is 10.8 Å². The second kappa shape index (κ2) is 8.90. The van der Waals surface area contributed by atoms with Crippen LogP contribution in [0, 0.1) is 0 Å². The normalized spacial score (nSPS) is 12.0. The van der Waals surface area contributed by atoms with Crippen LogP contribution in [0.15, 0.2) is 65.8 Å². The van der Waals surface area contributed by atoms with Crippen molar-refractivity contribution in [2.24, 2.45) is 5.10 Å². The zero-order valence-corrected chi connectivity index (χ0v) is 16.1. The molecule has 0 fully saturated rings. The van der Waals surface area contributed by atoms with Crippen LogP contribution in [0.5, 0.6) is 11.5 Å². The molecule has 2 N–H and O–H groups in total. The highest BCUT2D eigenvalue weighted by molar-refractivity contribution is 5.89. The van der Waals surface area contributed by atoms with E-state index in [0.717, 1.165) is 22.0 Å². The van der Waals surface area contributed by atoms with Gasteiger partial charge < -0.3 is 14.8 Å². The molecule has 6 nitrogen and oxygen atoms in total. The van der Waals surface area contributed by atoms with E-state index in [4.69, 9.17) is 9.47 Å². The van der Waals surface area contributed by atoms with Crippen LogP contribution in [0.4, 0.5) is 5.69 Å². The lowest BCUT2D eigenvalue weighted by Gasteiger charge is -2.14. The maximum absolute atomic E-state index is 12.3. The van der Waals surface area contributed by atoms with E-state index in [-0.39, 0.29) is 5.91 Å². The zero-order chi connectivity index (χ0) is 19.9. The number of amides is 1. The Morgan fingerprint density at radius 3 is 2.54 bits per heavy atom. The van der Waals surface area contributed by atoms with Gasteiger partial charge in [0.25, 0.3) is 5.91 Å². The Morgan fingerprint density at radius 1 is 1.00 bits per heavy atom. The molecule has 0 spiro atoms.